The van der Waals surface area contributed by atoms with E-state index in [9.17, 15) is 13.5 Å². The molecule has 4 N–H and O–H groups in total. The number of pyridine rings is 1. The molecule has 1 saturated heterocycles. The second-order valence-electron chi connectivity index (χ2n) is 7.47. The van der Waals surface area contributed by atoms with Gasteiger partial charge in [-0.2, -0.15) is 8.42 Å². The van der Waals surface area contributed by atoms with E-state index in [-0.39, 0.29) is 11.9 Å². The number of aromatic nitrogens is 1. The molecule has 0 aliphatic carbocycles. The zero-order valence-electron chi connectivity index (χ0n) is 16.4. The molecule has 4 rings (SSSR count). The first-order chi connectivity index (χ1) is 14.4. The maximum Gasteiger partial charge on any atom is 0.344 e. The minimum atomic E-state index is -3.84. The summed E-state index contributed by atoms with van der Waals surface area (Å²) in [4.78, 5) is 6.08. The lowest BCUT2D eigenvalue weighted by Crippen LogP contribution is -2.49. The van der Waals surface area contributed by atoms with Crippen molar-refractivity contribution in [3.8, 4) is 5.75 Å². The number of rotatable bonds is 6. The van der Waals surface area contributed by atoms with Gasteiger partial charge in [0.15, 0.2) is 5.84 Å². The predicted octanol–water partition coefficient (Wildman–Crippen LogP) is 1.25. The van der Waals surface area contributed by atoms with Crippen molar-refractivity contribution >= 4 is 21.7 Å². The number of anilines is 1. The Morgan fingerprint density at radius 2 is 2.07 bits per heavy atom. The first kappa shape index (κ1) is 20.6. The second kappa shape index (κ2) is 8.58. The Kier molecular flexibility index (Phi) is 5.89. The number of hydrogen-bond acceptors (Lipinski definition) is 7. The molecule has 1 aromatic heterocycles. The number of likely N-dealkylation sites (tertiary alicyclic amines) is 1. The minimum Gasteiger partial charge on any atom is -0.491 e. The van der Waals surface area contributed by atoms with Crippen LogP contribution in [0.5, 0.6) is 5.75 Å². The van der Waals surface area contributed by atoms with Gasteiger partial charge in [0.25, 0.3) is 0 Å². The predicted molar refractivity (Wildman–Crippen MR) is 113 cm³/mol. The molecule has 0 bridgehead atoms. The number of nitrogens with two attached hydrogens (primary N) is 1. The van der Waals surface area contributed by atoms with Crippen LogP contribution in [0.1, 0.15) is 30.4 Å². The Balaban J connectivity index is 1.47. The lowest BCUT2D eigenvalue weighted by molar-refractivity contribution is -0.0508. The van der Waals surface area contributed by atoms with E-state index in [4.69, 9.17) is 10.5 Å². The van der Waals surface area contributed by atoms with E-state index in [0.29, 0.717) is 30.0 Å². The summed E-state index contributed by atoms with van der Waals surface area (Å²) in [6.07, 6.45) is 6.31. The van der Waals surface area contributed by atoms with E-state index >= 15 is 0 Å². The number of piperidine rings is 1. The highest BCUT2D eigenvalue weighted by Crippen LogP contribution is 2.31. The third-order valence-electron chi connectivity index (χ3n) is 5.39. The Morgan fingerprint density at radius 1 is 1.27 bits per heavy atom. The smallest absolute Gasteiger partial charge is 0.344 e. The van der Waals surface area contributed by atoms with Crippen LogP contribution in [0.25, 0.3) is 0 Å². The van der Waals surface area contributed by atoms with E-state index in [2.05, 4.69) is 19.0 Å². The number of ether oxygens (including phenoxy) is 1. The maximum atomic E-state index is 11.8. The second-order valence-corrected chi connectivity index (χ2v) is 8.81. The SMILES string of the molecule is NC1=NS(=O)(=O)Nc2cccc(OC[C@H]3CCCCN3C(O)Cc3ccncc3)c21. The van der Waals surface area contributed by atoms with Crippen molar-refractivity contribution in [2.75, 3.05) is 17.9 Å². The van der Waals surface area contributed by atoms with Crippen molar-refractivity contribution in [1.82, 2.24) is 9.88 Å². The molecule has 0 amide bonds. The molecule has 30 heavy (non-hydrogen) atoms. The molecule has 1 aromatic carbocycles. The molecule has 1 unspecified atom stereocenters. The van der Waals surface area contributed by atoms with E-state index < -0.39 is 16.4 Å². The number of amidine groups is 1. The van der Waals surface area contributed by atoms with Gasteiger partial charge in [-0.05, 0) is 42.7 Å². The number of nitrogens with one attached hydrogen (secondary N) is 1. The van der Waals surface area contributed by atoms with E-state index in [1.807, 2.05) is 12.1 Å². The largest absolute Gasteiger partial charge is 0.491 e. The highest BCUT2D eigenvalue weighted by molar-refractivity contribution is 7.91. The average molecular weight is 432 g/mol. The molecule has 9 nitrogen and oxygen atoms in total. The Bertz CT molecular complexity index is 1030. The van der Waals surface area contributed by atoms with Crippen molar-refractivity contribution in [2.45, 2.75) is 38.0 Å². The summed E-state index contributed by atoms with van der Waals surface area (Å²) in [5.74, 6) is 0.364. The highest BCUT2D eigenvalue weighted by atomic mass is 32.2. The number of fused-ring (bicyclic) bond motifs is 1. The molecular weight excluding hydrogens is 406 g/mol. The first-order valence-electron chi connectivity index (χ1n) is 9.90. The quantitative estimate of drug-likeness (QED) is 0.627. The maximum absolute atomic E-state index is 11.8. The van der Waals surface area contributed by atoms with Crippen LogP contribution in [0.3, 0.4) is 0 Å². The number of hydrogen-bond donors (Lipinski definition) is 3. The van der Waals surface area contributed by atoms with E-state index in [0.717, 1.165) is 31.4 Å². The Morgan fingerprint density at radius 3 is 2.87 bits per heavy atom. The van der Waals surface area contributed by atoms with Crippen molar-refractivity contribution in [3.63, 3.8) is 0 Å². The fourth-order valence-corrected chi connectivity index (χ4v) is 4.81. The molecule has 2 aliphatic rings. The summed E-state index contributed by atoms with van der Waals surface area (Å²) in [7, 11) is -3.84. The molecular formula is C20H25N5O4S. The van der Waals surface area contributed by atoms with Gasteiger partial charge in [0.2, 0.25) is 0 Å². The Labute approximate surface area is 175 Å². The van der Waals surface area contributed by atoms with Gasteiger partial charge in [-0.3, -0.25) is 14.6 Å². The average Bonchev–Trinajstić information content (AvgIpc) is 2.72. The molecule has 3 heterocycles. The van der Waals surface area contributed by atoms with Gasteiger partial charge in [-0.15, -0.1) is 4.40 Å². The molecule has 1 fully saturated rings. The van der Waals surface area contributed by atoms with Gasteiger partial charge in [-0.25, -0.2) is 0 Å². The number of benzene rings is 1. The summed E-state index contributed by atoms with van der Waals surface area (Å²) in [6.45, 7) is 1.14. The minimum absolute atomic E-state index is 0.0323. The number of aliphatic hydroxyl groups excluding tert-OH is 1. The van der Waals surface area contributed by atoms with Crippen molar-refractivity contribution < 1.29 is 18.3 Å². The highest BCUT2D eigenvalue weighted by Gasteiger charge is 2.30. The van der Waals surface area contributed by atoms with Crippen LogP contribution in [0.4, 0.5) is 5.69 Å². The third kappa shape index (κ3) is 4.55. The van der Waals surface area contributed by atoms with E-state index in [1.165, 1.54) is 0 Å². The van der Waals surface area contributed by atoms with Gasteiger partial charge in [-0.1, -0.05) is 12.5 Å². The fourth-order valence-electron chi connectivity index (χ4n) is 3.96. The van der Waals surface area contributed by atoms with E-state index in [1.54, 1.807) is 30.6 Å². The summed E-state index contributed by atoms with van der Waals surface area (Å²) in [5.41, 5.74) is 7.70. The van der Waals surface area contributed by atoms with Crippen LogP contribution >= 0.6 is 0 Å². The molecule has 0 saturated carbocycles. The van der Waals surface area contributed by atoms with Crippen LogP contribution in [0, 0.1) is 0 Å². The monoisotopic (exact) mass is 431 g/mol. The topological polar surface area (TPSA) is 130 Å². The lowest BCUT2D eigenvalue weighted by Gasteiger charge is -2.38. The molecule has 160 valence electrons. The summed E-state index contributed by atoms with van der Waals surface area (Å²) >= 11 is 0. The van der Waals surface area contributed by atoms with Gasteiger partial charge in [0.05, 0.1) is 11.3 Å². The van der Waals surface area contributed by atoms with Gasteiger partial charge in [0.1, 0.15) is 18.6 Å². The first-order valence-corrected chi connectivity index (χ1v) is 11.3. The van der Waals surface area contributed by atoms with Crippen LogP contribution in [0.15, 0.2) is 47.1 Å². The molecule has 2 aromatic rings. The fraction of sp³-hybridized carbons (Fsp3) is 0.400. The molecule has 2 atom stereocenters. The van der Waals surface area contributed by atoms with Gasteiger partial charge >= 0.3 is 10.2 Å². The standard InChI is InChI=1S/C20H25N5O4S/c21-20-19-16(23-30(27,28)24-20)5-3-6-17(19)29-13-15-4-1-2-11-25(15)18(26)12-14-7-9-22-10-8-14/h3,5-10,15,18,23,26H,1-2,4,11-13H2,(H2,21,24)/t15-,18?/m1/s1. The molecule has 0 radical (unpaired) electrons. The van der Waals surface area contributed by atoms with Crippen molar-refractivity contribution in [3.05, 3.63) is 53.9 Å². The summed E-state index contributed by atoms with van der Waals surface area (Å²) in [5, 5.41) is 10.8. The third-order valence-corrected chi connectivity index (χ3v) is 6.31. The molecule has 2 aliphatic heterocycles. The van der Waals surface area contributed by atoms with Crippen LogP contribution in [-0.4, -0.2) is 54.7 Å². The van der Waals surface area contributed by atoms with Crippen LogP contribution in [-0.2, 0) is 16.6 Å². The van der Waals surface area contributed by atoms with Crippen molar-refractivity contribution in [2.24, 2.45) is 10.1 Å². The molecule has 10 heteroatoms. The Hall–Kier alpha value is -2.69. The van der Waals surface area contributed by atoms with Crippen molar-refractivity contribution in [1.29, 1.82) is 0 Å². The number of nitrogens with zero attached hydrogens (tertiary/aromatic N) is 3. The molecule has 0 spiro atoms. The lowest BCUT2D eigenvalue weighted by atomic mass is 10.0. The zero-order valence-corrected chi connectivity index (χ0v) is 17.3. The summed E-state index contributed by atoms with van der Waals surface area (Å²) < 4.78 is 35.4. The van der Waals surface area contributed by atoms with Crippen LogP contribution < -0.4 is 15.2 Å². The van der Waals surface area contributed by atoms with Gasteiger partial charge < -0.3 is 15.6 Å². The summed E-state index contributed by atoms with van der Waals surface area (Å²) in [6, 6.07) is 8.89. The number of aliphatic hydroxyl groups is 1. The normalized spacial score (nSPS) is 21.8. The zero-order chi connectivity index (χ0) is 21.1. The van der Waals surface area contributed by atoms with Gasteiger partial charge in [0, 0.05) is 31.4 Å². The van der Waals surface area contributed by atoms with Crippen LogP contribution in [0.2, 0.25) is 0 Å².